The fourth-order valence-electron chi connectivity index (χ4n) is 1.90. The summed E-state index contributed by atoms with van der Waals surface area (Å²) >= 11 is 35.2. The third-order valence-electron chi connectivity index (χ3n) is 3.12. The summed E-state index contributed by atoms with van der Waals surface area (Å²) in [6.07, 6.45) is -1.11. The number of para-hydroxylation sites is 1. The second-order valence-electron chi connectivity index (χ2n) is 5.01. The van der Waals surface area contributed by atoms with Crippen molar-refractivity contribution in [3.05, 3.63) is 64.1 Å². The average Bonchev–Trinajstić information content (AvgIpc) is 2.57. The van der Waals surface area contributed by atoms with Crippen LogP contribution in [-0.4, -0.2) is 21.0 Å². The van der Waals surface area contributed by atoms with Gasteiger partial charge in [-0.2, -0.15) is 0 Å². The number of carbonyl (C=O) groups is 1. The Bertz CT molecular complexity index is 778. The van der Waals surface area contributed by atoms with E-state index in [0.29, 0.717) is 21.3 Å². The van der Waals surface area contributed by atoms with E-state index in [-0.39, 0.29) is 5.11 Å². The summed E-state index contributed by atoms with van der Waals surface area (Å²) in [6.45, 7) is 0. The summed E-state index contributed by atoms with van der Waals surface area (Å²) < 4.78 is -1.87. The summed E-state index contributed by atoms with van der Waals surface area (Å²) in [4.78, 5) is 12.3. The van der Waals surface area contributed by atoms with Gasteiger partial charge in [0, 0.05) is 5.56 Å². The molecule has 0 spiro atoms. The molecule has 138 valence electrons. The minimum atomic E-state index is -1.87. The van der Waals surface area contributed by atoms with E-state index < -0.39 is 15.9 Å². The molecule has 0 aliphatic rings. The first-order valence-corrected chi connectivity index (χ1v) is 9.42. The molecule has 0 saturated heterocycles. The molecule has 10 heteroatoms. The SMILES string of the molecule is O=C(N[C@H](NC(=S)Nc1c(Cl)cccc1Cl)C(Cl)(Cl)Cl)c1ccccc1. The number of thiocarbonyl (C=S) groups is 1. The molecule has 2 rings (SSSR count). The van der Waals surface area contributed by atoms with Crippen LogP contribution in [0.5, 0.6) is 0 Å². The van der Waals surface area contributed by atoms with Crippen LogP contribution >= 0.6 is 70.2 Å². The van der Waals surface area contributed by atoms with Crippen LogP contribution < -0.4 is 16.0 Å². The third-order valence-corrected chi connectivity index (χ3v) is 4.62. The number of carbonyl (C=O) groups excluding carboxylic acids is 1. The highest BCUT2D eigenvalue weighted by Crippen LogP contribution is 2.31. The molecule has 0 aliphatic carbocycles. The normalized spacial score (nSPS) is 12.2. The summed E-state index contributed by atoms with van der Waals surface area (Å²) in [5.41, 5.74) is 0.798. The number of alkyl halides is 3. The van der Waals surface area contributed by atoms with Crippen molar-refractivity contribution in [2.45, 2.75) is 9.96 Å². The maximum atomic E-state index is 12.3. The van der Waals surface area contributed by atoms with Gasteiger partial charge in [-0.25, -0.2) is 0 Å². The van der Waals surface area contributed by atoms with Crippen LogP contribution in [-0.2, 0) is 0 Å². The monoisotopic (exact) mass is 469 g/mol. The Morgan fingerprint density at radius 2 is 1.50 bits per heavy atom. The van der Waals surface area contributed by atoms with Gasteiger partial charge in [0.15, 0.2) is 5.11 Å². The molecule has 0 saturated carbocycles. The number of halogens is 5. The smallest absolute Gasteiger partial charge is 0.252 e. The number of anilines is 1. The number of rotatable bonds is 4. The molecule has 2 aromatic rings. The van der Waals surface area contributed by atoms with Gasteiger partial charge in [-0.3, -0.25) is 4.79 Å². The summed E-state index contributed by atoms with van der Waals surface area (Å²) in [7, 11) is 0. The van der Waals surface area contributed by atoms with Crippen molar-refractivity contribution in [2.24, 2.45) is 0 Å². The third kappa shape index (κ3) is 6.05. The fraction of sp³-hybridized carbons (Fsp3) is 0.125. The lowest BCUT2D eigenvalue weighted by atomic mass is 10.2. The van der Waals surface area contributed by atoms with Crippen LogP contribution in [0.1, 0.15) is 10.4 Å². The summed E-state index contributed by atoms with van der Waals surface area (Å²) in [5.74, 6) is -0.437. The number of hydrogen-bond donors (Lipinski definition) is 3. The molecule has 2 aromatic carbocycles. The van der Waals surface area contributed by atoms with Crippen molar-refractivity contribution < 1.29 is 4.79 Å². The van der Waals surface area contributed by atoms with Gasteiger partial charge in [0.1, 0.15) is 6.17 Å². The minimum absolute atomic E-state index is 0.0599. The number of benzene rings is 2. The van der Waals surface area contributed by atoms with Crippen molar-refractivity contribution in [3.8, 4) is 0 Å². The van der Waals surface area contributed by atoms with Crippen molar-refractivity contribution in [3.63, 3.8) is 0 Å². The van der Waals surface area contributed by atoms with Gasteiger partial charge >= 0.3 is 0 Å². The molecule has 0 fully saturated rings. The first-order valence-electron chi connectivity index (χ1n) is 7.12. The summed E-state index contributed by atoms with van der Waals surface area (Å²) in [5, 5.41) is 8.92. The maximum Gasteiger partial charge on any atom is 0.252 e. The Morgan fingerprint density at radius 1 is 0.923 bits per heavy atom. The lowest BCUT2D eigenvalue weighted by Crippen LogP contribution is -2.56. The van der Waals surface area contributed by atoms with Crippen molar-refractivity contribution in [1.82, 2.24) is 10.6 Å². The van der Waals surface area contributed by atoms with Gasteiger partial charge < -0.3 is 16.0 Å². The zero-order valence-corrected chi connectivity index (χ0v) is 17.5. The Kier molecular flexibility index (Phi) is 7.64. The molecule has 0 unspecified atom stereocenters. The topological polar surface area (TPSA) is 53.2 Å². The number of amides is 1. The van der Waals surface area contributed by atoms with E-state index in [2.05, 4.69) is 16.0 Å². The highest BCUT2D eigenvalue weighted by Gasteiger charge is 2.35. The predicted molar refractivity (Wildman–Crippen MR) is 114 cm³/mol. The molecule has 0 bridgehead atoms. The molecule has 0 aromatic heterocycles. The molecule has 1 atom stereocenters. The van der Waals surface area contributed by atoms with E-state index in [0.717, 1.165) is 0 Å². The van der Waals surface area contributed by atoms with Crippen LogP contribution in [0, 0.1) is 0 Å². The molecule has 0 aliphatic heterocycles. The Hall–Kier alpha value is -0.950. The van der Waals surface area contributed by atoms with Crippen molar-refractivity contribution in [2.75, 3.05) is 5.32 Å². The van der Waals surface area contributed by atoms with Crippen LogP contribution in [0.15, 0.2) is 48.5 Å². The lowest BCUT2D eigenvalue weighted by Gasteiger charge is -2.28. The average molecular weight is 472 g/mol. The van der Waals surface area contributed by atoms with Gasteiger partial charge in [0.25, 0.3) is 5.91 Å². The highest BCUT2D eigenvalue weighted by atomic mass is 35.6. The van der Waals surface area contributed by atoms with Crippen LogP contribution in [0.3, 0.4) is 0 Å². The van der Waals surface area contributed by atoms with Gasteiger partial charge in [-0.15, -0.1) is 0 Å². The first-order chi connectivity index (χ1) is 12.2. The van der Waals surface area contributed by atoms with Gasteiger partial charge in [-0.1, -0.05) is 82.3 Å². The largest absolute Gasteiger partial charge is 0.339 e. The zero-order valence-electron chi connectivity index (χ0n) is 12.9. The molecule has 26 heavy (non-hydrogen) atoms. The summed E-state index contributed by atoms with van der Waals surface area (Å²) in [6, 6.07) is 13.5. The van der Waals surface area contributed by atoms with Crippen LogP contribution in [0.25, 0.3) is 0 Å². The quantitative estimate of drug-likeness (QED) is 0.317. The molecule has 4 nitrogen and oxygen atoms in total. The maximum absolute atomic E-state index is 12.3. The van der Waals surface area contributed by atoms with Crippen molar-refractivity contribution in [1.29, 1.82) is 0 Å². The Labute approximate surface area is 181 Å². The van der Waals surface area contributed by atoms with E-state index >= 15 is 0 Å². The number of hydrogen-bond acceptors (Lipinski definition) is 2. The Morgan fingerprint density at radius 3 is 2.04 bits per heavy atom. The number of nitrogens with one attached hydrogen (secondary N) is 3. The van der Waals surface area contributed by atoms with E-state index in [1.807, 2.05) is 0 Å². The first kappa shape index (κ1) is 21.4. The Balaban J connectivity index is 2.10. The fourth-order valence-corrected chi connectivity index (χ4v) is 2.94. The second kappa shape index (κ2) is 9.31. The van der Waals surface area contributed by atoms with E-state index in [1.165, 1.54) is 0 Å². The molecule has 0 heterocycles. The standard InChI is InChI=1S/C16H12Cl5N3OS/c17-10-7-4-8-11(18)12(10)22-15(26)24-14(16(19,20)21)23-13(25)9-5-2-1-3-6-9/h1-8,14H,(H,23,25)(H2,22,24,26)/t14-/m1/s1. The molecular formula is C16H12Cl5N3OS. The predicted octanol–water partition coefficient (Wildman–Crippen LogP) is 5.41. The lowest BCUT2D eigenvalue weighted by molar-refractivity contribution is 0.0934. The van der Waals surface area contributed by atoms with E-state index in [4.69, 9.17) is 70.2 Å². The molecule has 0 radical (unpaired) electrons. The van der Waals surface area contributed by atoms with Gasteiger partial charge in [0.05, 0.1) is 15.7 Å². The molecular weight excluding hydrogens is 460 g/mol. The van der Waals surface area contributed by atoms with Crippen LogP contribution in [0.4, 0.5) is 5.69 Å². The second-order valence-corrected chi connectivity index (χ2v) is 8.60. The zero-order chi connectivity index (χ0) is 19.3. The van der Waals surface area contributed by atoms with Crippen molar-refractivity contribution >= 4 is 86.9 Å². The van der Waals surface area contributed by atoms with Crippen LogP contribution in [0.2, 0.25) is 10.0 Å². The molecule has 1 amide bonds. The van der Waals surface area contributed by atoms with Gasteiger partial charge in [-0.05, 0) is 36.5 Å². The minimum Gasteiger partial charge on any atom is -0.339 e. The van der Waals surface area contributed by atoms with Gasteiger partial charge in [0.2, 0.25) is 3.79 Å². The highest BCUT2D eigenvalue weighted by molar-refractivity contribution is 7.80. The van der Waals surface area contributed by atoms with E-state index in [1.54, 1.807) is 48.5 Å². The molecule has 3 N–H and O–H groups in total. The van der Waals surface area contributed by atoms with E-state index in [9.17, 15) is 4.79 Å².